The number of nitrogens with zero attached hydrogens (tertiary/aromatic N) is 3. The van der Waals surface area contributed by atoms with Gasteiger partial charge >= 0.3 is 0 Å². The zero-order chi connectivity index (χ0) is 14.8. The highest BCUT2D eigenvalue weighted by molar-refractivity contribution is 6.31. The van der Waals surface area contributed by atoms with Gasteiger partial charge in [-0.2, -0.15) is 5.10 Å². The van der Waals surface area contributed by atoms with Gasteiger partial charge in [0.2, 0.25) is 5.88 Å². The first-order valence-electron chi connectivity index (χ1n) is 6.39. The Bertz CT molecular complexity index is 589. The molecule has 0 atom stereocenters. The third-order valence-corrected chi connectivity index (χ3v) is 2.85. The standard InChI is InChI=1S/C14H19ClN4O/c1-14(2,3)17-7-10-5-12(15)13(16-6-10)20-11-8-18-19(4)9-11/h5-6,8-9,17H,7H2,1-4H3. The summed E-state index contributed by atoms with van der Waals surface area (Å²) < 4.78 is 7.24. The number of pyridine rings is 1. The molecule has 0 aliphatic rings. The largest absolute Gasteiger partial charge is 0.434 e. The maximum atomic E-state index is 6.19. The van der Waals surface area contributed by atoms with Crippen LogP contribution in [0.5, 0.6) is 11.6 Å². The fourth-order valence-corrected chi connectivity index (χ4v) is 1.79. The summed E-state index contributed by atoms with van der Waals surface area (Å²) in [6.45, 7) is 7.05. The van der Waals surface area contributed by atoms with Gasteiger partial charge in [-0.3, -0.25) is 4.68 Å². The molecule has 0 radical (unpaired) electrons. The first-order chi connectivity index (χ1) is 9.33. The molecule has 0 fully saturated rings. The highest BCUT2D eigenvalue weighted by Gasteiger charge is 2.11. The summed E-state index contributed by atoms with van der Waals surface area (Å²) >= 11 is 6.19. The molecule has 2 aromatic heterocycles. The Morgan fingerprint density at radius 3 is 2.65 bits per heavy atom. The Balaban J connectivity index is 2.06. The molecule has 0 saturated heterocycles. The summed E-state index contributed by atoms with van der Waals surface area (Å²) in [6, 6.07) is 1.86. The van der Waals surface area contributed by atoms with Crippen molar-refractivity contribution in [3.63, 3.8) is 0 Å². The molecule has 0 aliphatic carbocycles. The summed E-state index contributed by atoms with van der Waals surface area (Å²) in [5.41, 5.74) is 1.07. The first-order valence-corrected chi connectivity index (χ1v) is 6.77. The van der Waals surface area contributed by atoms with Crippen molar-refractivity contribution in [3.8, 4) is 11.6 Å². The van der Waals surface area contributed by atoms with E-state index in [1.165, 1.54) is 0 Å². The number of hydrogen-bond donors (Lipinski definition) is 1. The van der Waals surface area contributed by atoms with E-state index >= 15 is 0 Å². The first kappa shape index (κ1) is 14.8. The Morgan fingerprint density at radius 2 is 2.10 bits per heavy atom. The van der Waals surface area contributed by atoms with E-state index in [4.69, 9.17) is 16.3 Å². The molecule has 0 amide bonds. The van der Waals surface area contributed by atoms with E-state index in [1.54, 1.807) is 23.3 Å². The summed E-state index contributed by atoms with van der Waals surface area (Å²) in [7, 11) is 1.82. The summed E-state index contributed by atoms with van der Waals surface area (Å²) in [4.78, 5) is 4.25. The fraction of sp³-hybridized carbons (Fsp3) is 0.429. The van der Waals surface area contributed by atoms with E-state index in [2.05, 4.69) is 36.2 Å². The number of rotatable bonds is 4. The van der Waals surface area contributed by atoms with Crippen LogP contribution in [-0.2, 0) is 13.6 Å². The molecular formula is C14H19ClN4O. The van der Waals surface area contributed by atoms with Gasteiger partial charge in [-0.15, -0.1) is 0 Å². The zero-order valence-corrected chi connectivity index (χ0v) is 12.9. The second-order valence-corrected chi connectivity index (χ2v) is 6.09. The van der Waals surface area contributed by atoms with Gasteiger partial charge in [-0.25, -0.2) is 4.98 Å². The van der Waals surface area contributed by atoms with Crippen molar-refractivity contribution in [1.82, 2.24) is 20.1 Å². The minimum absolute atomic E-state index is 0.0529. The lowest BCUT2D eigenvalue weighted by molar-refractivity contribution is 0.423. The summed E-state index contributed by atoms with van der Waals surface area (Å²) in [6.07, 6.45) is 5.14. The van der Waals surface area contributed by atoms with Crippen molar-refractivity contribution in [1.29, 1.82) is 0 Å². The average Bonchev–Trinajstić information content (AvgIpc) is 2.74. The Kier molecular flexibility index (Phi) is 4.30. The van der Waals surface area contributed by atoms with Crippen LogP contribution >= 0.6 is 11.6 Å². The van der Waals surface area contributed by atoms with Gasteiger partial charge in [-0.1, -0.05) is 11.6 Å². The third kappa shape index (κ3) is 4.21. The molecule has 0 bridgehead atoms. The Labute approximate surface area is 123 Å². The van der Waals surface area contributed by atoms with Crippen LogP contribution in [0.15, 0.2) is 24.7 Å². The maximum absolute atomic E-state index is 6.19. The molecule has 2 aromatic rings. The van der Waals surface area contributed by atoms with Crippen molar-refractivity contribution in [2.75, 3.05) is 0 Å². The Hall–Kier alpha value is -1.59. The van der Waals surface area contributed by atoms with Crippen molar-refractivity contribution >= 4 is 11.6 Å². The van der Waals surface area contributed by atoms with E-state index in [1.807, 2.05) is 13.1 Å². The van der Waals surface area contributed by atoms with Crippen LogP contribution in [-0.4, -0.2) is 20.3 Å². The number of halogens is 1. The van der Waals surface area contributed by atoms with Crippen molar-refractivity contribution < 1.29 is 4.74 Å². The lowest BCUT2D eigenvalue weighted by Crippen LogP contribution is -2.35. The molecule has 0 aliphatic heterocycles. The van der Waals surface area contributed by atoms with Crippen LogP contribution in [0.1, 0.15) is 26.3 Å². The lowest BCUT2D eigenvalue weighted by atomic mass is 10.1. The van der Waals surface area contributed by atoms with Crippen LogP contribution in [0.3, 0.4) is 0 Å². The normalized spacial score (nSPS) is 11.7. The predicted molar refractivity (Wildman–Crippen MR) is 79.1 cm³/mol. The van der Waals surface area contributed by atoms with Gasteiger partial charge in [0, 0.05) is 25.3 Å². The van der Waals surface area contributed by atoms with E-state index in [-0.39, 0.29) is 5.54 Å². The van der Waals surface area contributed by atoms with Crippen LogP contribution < -0.4 is 10.1 Å². The van der Waals surface area contributed by atoms with E-state index in [9.17, 15) is 0 Å². The number of aromatic nitrogens is 3. The SMILES string of the molecule is Cn1cc(Oc2ncc(CNC(C)(C)C)cc2Cl)cn1. The number of nitrogens with one attached hydrogen (secondary N) is 1. The molecule has 5 nitrogen and oxygen atoms in total. The molecule has 0 unspecified atom stereocenters. The quantitative estimate of drug-likeness (QED) is 0.941. The van der Waals surface area contributed by atoms with Gasteiger partial charge in [0.05, 0.1) is 12.4 Å². The maximum Gasteiger partial charge on any atom is 0.238 e. The molecule has 20 heavy (non-hydrogen) atoms. The monoisotopic (exact) mass is 294 g/mol. The molecule has 0 aromatic carbocycles. The van der Waals surface area contributed by atoms with Crippen LogP contribution in [0.25, 0.3) is 0 Å². The summed E-state index contributed by atoms with van der Waals surface area (Å²) in [5, 5.41) is 7.90. The molecule has 2 heterocycles. The highest BCUT2D eigenvalue weighted by atomic mass is 35.5. The number of aryl methyl sites for hydroxylation is 1. The molecule has 0 saturated carbocycles. The van der Waals surface area contributed by atoms with Crippen molar-refractivity contribution in [2.45, 2.75) is 32.9 Å². The van der Waals surface area contributed by atoms with E-state index < -0.39 is 0 Å². The van der Waals surface area contributed by atoms with Gasteiger partial charge in [0.1, 0.15) is 5.02 Å². The molecule has 6 heteroatoms. The number of ether oxygens (including phenoxy) is 1. The van der Waals surface area contributed by atoms with Crippen molar-refractivity contribution in [3.05, 3.63) is 35.2 Å². The van der Waals surface area contributed by atoms with Crippen molar-refractivity contribution in [2.24, 2.45) is 7.05 Å². The third-order valence-electron chi connectivity index (χ3n) is 2.58. The minimum atomic E-state index is 0.0529. The van der Waals surface area contributed by atoms with Crippen LogP contribution in [0.4, 0.5) is 0 Å². The molecule has 108 valence electrons. The molecule has 1 N–H and O–H groups in total. The minimum Gasteiger partial charge on any atom is -0.434 e. The molecule has 0 spiro atoms. The summed E-state index contributed by atoms with van der Waals surface area (Å²) in [5.74, 6) is 1.00. The van der Waals surface area contributed by atoms with Gasteiger partial charge < -0.3 is 10.1 Å². The lowest BCUT2D eigenvalue weighted by Gasteiger charge is -2.20. The highest BCUT2D eigenvalue weighted by Crippen LogP contribution is 2.27. The van der Waals surface area contributed by atoms with E-state index in [0.29, 0.717) is 23.2 Å². The van der Waals surface area contributed by atoms with Crippen LogP contribution in [0, 0.1) is 0 Å². The average molecular weight is 295 g/mol. The van der Waals surface area contributed by atoms with Gasteiger partial charge in [0.15, 0.2) is 5.75 Å². The zero-order valence-electron chi connectivity index (χ0n) is 12.1. The second-order valence-electron chi connectivity index (χ2n) is 5.69. The van der Waals surface area contributed by atoms with Gasteiger partial charge in [-0.05, 0) is 32.4 Å². The molecule has 2 rings (SSSR count). The second kappa shape index (κ2) is 5.81. The predicted octanol–water partition coefficient (Wildman–Crippen LogP) is 3.15. The fourth-order valence-electron chi connectivity index (χ4n) is 1.57. The smallest absolute Gasteiger partial charge is 0.238 e. The Morgan fingerprint density at radius 1 is 1.35 bits per heavy atom. The number of hydrogen-bond acceptors (Lipinski definition) is 4. The molecular weight excluding hydrogens is 276 g/mol. The van der Waals surface area contributed by atoms with E-state index in [0.717, 1.165) is 5.56 Å². The van der Waals surface area contributed by atoms with Gasteiger partial charge in [0.25, 0.3) is 0 Å². The van der Waals surface area contributed by atoms with Crippen LogP contribution in [0.2, 0.25) is 5.02 Å². The topological polar surface area (TPSA) is 52.0 Å².